The van der Waals surface area contributed by atoms with Crippen molar-refractivity contribution >= 4 is 17.5 Å². The molecule has 1 aromatic heterocycles. The molecule has 5 nitrogen and oxygen atoms in total. The number of dihydropyridines is 1. The van der Waals surface area contributed by atoms with Crippen LogP contribution in [0.25, 0.3) is 0 Å². The Hall–Kier alpha value is -2.51. The summed E-state index contributed by atoms with van der Waals surface area (Å²) in [6.45, 7) is 1.43. The second-order valence-electron chi connectivity index (χ2n) is 4.33. The summed E-state index contributed by atoms with van der Waals surface area (Å²) in [5.41, 5.74) is -0.773. The van der Waals surface area contributed by atoms with E-state index in [1.54, 1.807) is 6.92 Å². The van der Waals surface area contributed by atoms with Gasteiger partial charge >= 0.3 is 12.1 Å². The highest BCUT2D eigenvalue weighted by atomic mass is 19.4. The van der Waals surface area contributed by atoms with E-state index in [0.29, 0.717) is 6.20 Å². The van der Waals surface area contributed by atoms with Crippen LogP contribution >= 0.6 is 0 Å². The van der Waals surface area contributed by atoms with E-state index in [4.69, 9.17) is 4.74 Å². The summed E-state index contributed by atoms with van der Waals surface area (Å²) in [6, 6.07) is 2.00. The van der Waals surface area contributed by atoms with E-state index in [-0.39, 0.29) is 30.1 Å². The third kappa shape index (κ3) is 3.38. The number of pyridine rings is 1. The second-order valence-corrected chi connectivity index (χ2v) is 4.33. The highest BCUT2D eigenvalue weighted by Gasteiger charge is 2.31. The molecule has 0 saturated carbocycles. The van der Waals surface area contributed by atoms with Crippen molar-refractivity contribution in [3.8, 4) is 0 Å². The Labute approximate surface area is 123 Å². The molecule has 0 amide bonds. The number of halogens is 3. The van der Waals surface area contributed by atoms with Gasteiger partial charge in [0.25, 0.3) is 0 Å². The first-order valence-electron chi connectivity index (χ1n) is 6.33. The number of alkyl halides is 3. The van der Waals surface area contributed by atoms with Gasteiger partial charge in [0.05, 0.1) is 23.6 Å². The van der Waals surface area contributed by atoms with E-state index >= 15 is 0 Å². The maximum absolute atomic E-state index is 12.5. The van der Waals surface area contributed by atoms with Crippen molar-refractivity contribution in [1.29, 1.82) is 0 Å². The first-order valence-corrected chi connectivity index (χ1v) is 6.33. The molecule has 0 fully saturated rings. The Morgan fingerprint density at radius 3 is 2.64 bits per heavy atom. The molecule has 0 aliphatic carbocycles. The Morgan fingerprint density at radius 1 is 1.36 bits per heavy atom. The SMILES string of the molecule is CCOC(=O)C1=CC(c2ccc(C(F)(F)F)cn2)=NCC1=O. The van der Waals surface area contributed by atoms with Gasteiger partial charge in [-0.15, -0.1) is 0 Å². The van der Waals surface area contributed by atoms with Crippen LogP contribution in [0.4, 0.5) is 13.2 Å². The molecule has 1 aromatic rings. The largest absolute Gasteiger partial charge is 0.462 e. The maximum Gasteiger partial charge on any atom is 0.417 e. The minimum atomic E-state index is -4.48. The van der Waals surface area contributed by atoms with Crippen molar-refractivity contribution < 1.29 is 27.5 Å². The molecule has 116 valence electrons. The van der Waals surface area contributed by atoms with Crippen LogP contribution in [-0.4, -0.2) is 35.6 Å². The molecule has 0 spiro atoms. The van der Waals surface area contributed by atoms with Gasteiger partial charge in [0.15, 0.2) is 5.78 Å². The summed E-state index contributed by atoms with van der Waals surface area (Å²) in [5.74, 6) is -1.29. The Kier molecular flexibility index (Phi) is 4.39. The fourth-order valence-corrected chi connectivity index (χ4v) is 1.75. The third-order valence-electron chi connectivity index (χ3n) is 2.82. The molecule has 1 aliphatic heterocycles. The van der Waals surface area contributed by atoms with Crippen LogP contribution in [0.5, 0.6) is 0 Å². The van der Waals surface area contributed by atoms with Crippen LogP contribution in [0.2, 0.25) is 0 Å². The van der Waals surface area contributed by atoms with Gasteiger partial charge in [-0.05, 0) is 25.1 Å². The fourth-order valence-electron chi connectivity index (χ4n) is 1.75. The molecular formula is C14H11F3N2O3. The normalized spacial score (nSPS) is 15.2. The number of ether oxygens (including phenoxy) is 1. The van der Waals surface area contributed by atoms with E-state index in [0.717, 1.165) is 12.1 Å². The standard InChI is InChI=1S/C14H11F3N2O3/c1-2-22-13(21)9-5-11(19-7-12(9)20)10-4-3-8(6-18-10)14(15,16)17/h3-6H,2,7H2,1H3. The predicted molar refractivity (Wildman–Crippen MR) is 70.4 cm³/mol. The number of rotatable bonds is 3. The summed E-state index contributed by atoms with van der Waals surface area (Å²) in [4.78, 5) is 30.8. The fraction of sp³-hybridized carbons (Fsp3) is 0.286. The van der Waals surface area contributed by atoms with E-state index in [9.17, 15) is 22.8 Å². The molecule has 22 heavy (non-hydrogen) atoms. The van der Waals surface area contributed by atoms with Crippen molar-refractivity contribution in [3.63, 3.8) is 0 Å². The van der Waals surface area contributed by atoms with Crippen molar-refractivity contribution in [3.05, 3.63) is 41.2 Å². The van der Waals surface area contributed by atoms with Crippen LogP contribution in [0.15, 0.2) is 35.0 Å². The number of allylic oxidation sites excluding steroid dienone is 1. The quantitative estimate of drug-likeness (QED) is 0.632. The van der Waals surface area contributed by atoms with Crippen LogP contribution in [0.3, 0.4) is 0 Å². The summed E-state index contributed by atoms with van der Waals surface area (Å²) in [7, 11) is 0. The van der Waals surface area contributed by atoms with Gasteiger partial charge in [-0.1, -0.05) is 0 Å². The number of carbonyl (C=O) groups is 2. The maximum atomic E-state index is 12.5. The first-order chi connectivity index (χ1) is 10.3. The summed E-state index contributed by atoms with van der Waals surface area (Å²) < 4.78 is 42.2. The molecule has 0 saturated heterocycles. The van der Waals surface area contributed by atoms with E-state index < -0.39 is 23.5 Å². The smallest absolute Gasteiger partial charge is 0.417 e. The van der Waals surface area contributed by atoms with Crippen molar-refractivity contribution in [1.82, 2.24) is 4.98 Å². The zero-order chi connectivity index (χ0) is 16.3. The van der Waals surface area contributed by atoms with Gasteiger partial charge in [-0.3, -0.25) is 14.8 Å². The van der Waals surface area contributed by atoms with Crippen LogP contribution in [-0.2, 0) is 20.5 Å². The molecule has 2 heterocycles. The lowest BCUT2D eigenvalue weighted by molar-refractivity contribution is -0.140. The van der Waals surface area contributed by atoms with Crippen molar-refractivity contribution in [2.24, 2.45) is 4.99 Å². The number of esters is 1. The third-order valence-corrected chi connectivity index (χ3v) is 2.82. The first kappa shape index (κ1) is 15.9. The lowest BCUT2D eigenvalue weighted by atomic mass is 10.0. The molecule has 0 N–H and O–H groups in total. The van der Waals surface area contributed by atoms with Gasteiger partial charge in [-0.2, -0.15) is 13.2 Å². The topological polar surface area (TPSA) is 68.6 Å². The Bertz CT molecular complexity index is 661. The Morgan fingerprint density at radius 2 is 2.09 bits per heavy atom. The summed E-state index contributed by atoms with van der Waals surface area (Å²) in [6.07, 6.45) is -2.63. The average molecular weight is 312 g/mol. The lowest BCUT2D eigenvalue weighted by Gasteiger charge is -2.12. The molecule has 1 aliphatic rings. The van der Waals surface area contributed by atoms with Gasteiger partial charge in [0.2, 0.25) is 0 Å². The number of ketones is 1. The molecule has 0 unspecified atom stereocenters. The number of Topliss-reactive ketones (excluding diaryl/α,β-unsaturated/α-hetero) is 1. The molecule has 0 bridgehead atoms. The number of aromatic nitrogens is 1. The number of hydrogen-bond donors (Lipinski definition) is 0. The van der Waals surface area contributed by atoms with E-state index in [2.05, 4.69) is 9.98 Å². The number of aliphatic imine (C=N–C) groups is 1. The van der Waals surface area contributed by atoms with Gasteiger partial charge in [0, 0.05) is 6.20 Å². The van der Waals surface area contributed by atoms with Gasteiger partial charge in [-0.25, -0.2) is 4.79 Å². The van der Waals surface area contributed by atoms with Crippen LogP contribution in [0.1, 0.15) is 18.2 Å². The number of nitrogens with zero attached hydrogens (tertiary/aromatic N) is 2. The van der Waals surface area contributed by atoms with Crippen molar-refractivity contribution in [2.45, 2.75) is 13.1 Å². The van der Waals surface area contributed by atoms with Crippen LogP contribution in [0, 0.1) is 0 Å². The second kappa shape index (κ2) is 6.08. The minimum absolute atomic E-state index is 0.106. The monoisotopic (exact) mass is 312 g/mol. The summed E-state index contributed by atoms with van der Waals surface area (Å²) in [5, 5.41) is 0. The molecule has 8 heteroatoms. The van der Waals surface area contributed by atoms with Gasteiger partial charge in [0.1, 0.15) is 12.1 Å². The Balaban J connectivity index is 2.29. The molecule has 0 aromatic carbocycles. The van der Waals surface area contributed by atoms with Crippen molar-refractivity contribution in [2.75, 3.05) is 13.2 Å². The van der Waals surface area contributed by atoms with E-state index in [1.165, 1.54) is 6.08 Å². The minimum Gasteiger partial charge on any atom is -0.462 e. The summed E-state index contributed by atoms with van der Waals surface area (Å²) >= 11 is 0. The predicted octanol–water partition coefficient (Wildman–Crippen LogP) is 1.96. The zero-order valence-corrected chi connectivity index (χ0v) is 11.5. The molecular weight excluding hydrogens is 301 g/mol. The average Bonchev–Trinajstić information content (AvgIpc) is 2.47. The highest BCUT2D eigenvalue weighted by molar-refractivity contribution is 6.26. The highest BCUT2D eigenvalue weighted by Crippen LogP contribution is 2.28. The molecule has 2 rings (SSSR count). The lowest BCUT2D eigenvalue weighted by Crippen LogP contribution is -2.24. The number of carbonyl (C=O) groups excluding carboxylic acids is 2. The van der Waals surface area contributed by atoms with Crippen LogP contribution < -0.4 is 0 Å². The molecule has 0 atom stereocenters. The van der Waals surface area contributed by atoms with E-state index in [1.807, 2.05) is 0 Å². The molecule has 0 radical (unpaired) electrons. The number of hydrogen-bond acceptors (Lipinski definition) is 5. The van der Waals surface area contributed by atoms with Gasteiger partial charge < -0.3 is 4.74 Å². The zero-order valence-electron chi connectivity index (χ0n) is 11.5.